The molecule has 0 radical (unpaired) electrons. The topological polar surface area (TPSA) is 184 Å². The highest BCUT2D eigenvalue weighted by Crippen LogP contribution is 2.56. The summed E-state index contributed by atoms with van der Waals surface area (Å²) in [4.78, 5) is 48.1. The van der Waals surface area contributed by atoms with Crippen LogP contribution in [-0.2, 0) is 27.1 Å². The summed E-state index contributed by atoms with van der Waals surface area (Å²) in [7, 11) is 0.320. The van der Waals surface area contributed by atoms with Gasteiger partial charge in [-0.15, -0.1) is 0 Å². The number of likely N-dealkylation sites (tertiary alicyclic amines) is 1. The smallest absolute Gasteiger partial charge is 0.412 e. The van der Waals surface area contributed by atoms with Crippen LogP contribution < -0.4 is 5.32 Å². The molecule has 0 saturated carbocycles. The molecule has 0 aliphatic carbocycles. The highest BCUT2D eigenvalue weighted by Gasteiger charge is 2.63. The largest absolute Gasteiger partial charge is 0.445 e. The third-order valence-corrected chi connectivity index (χ3v) is 10.3. The molecule has 16 heteroatoms. The van der Waals surface area contributed by atoms with Gasteiger partial charge in [0.05, 0.1) is 16.0 Å². The number of ether oxygens (including phenoxy) is 2. The molecule has 1 aliphatic rings. The first-order valence-corrected chi connectivity index (χ1v) is 16.6. The first-order chi connectivity index (χ1) is 21.5. The summed E-state index contributed by atoms with van der Waals surface area (Å²) in [5, 5.41) is 34.9. The second kappa shape index (κ2) is 15.2. The molecule has 1 fully saturated rings. The lowest BCUT2D eigenvalue weighted by atomic mass is 9.64. The Balaban J connectivity index is 1.60. The fourth-order valence-corrected chi connectivity index (χ4v) is 8.43. The Bertz CT molecular complexity index is 1390. The van der Waals surface area contributed by atoms with E-state index in [1.54, 1.807) is 17.0 Å². The molecule has 46 heavy (non-hydrogen) atoms. The van der Waals surface area contributed by atoms with Crippen molar-refractivity contribution in [3.05, 3.63) is 79.9 Å². The maximum Gasteiger partial charge on any atom is 0.412 e. The number of nitrogens with one attached hydrogen (secondary N) is 1. The first-order valence-electron chi connectivity index (χ1n) is 14.6. The quantitative estimate of drug-likeness (QED) is 0.176. The average molecular weight is 679 g/mol. The zero-order chi connectivity index (χ0) is 34.3. The zero-order valence-electron chi connectivity index (χ0n) is 26.9. The van der Waals surface area contributed by atoms with E-state index < -0.39 is 39.3 Å². The van der Waals surface area contributed by atoms with E-state index in [9.17, 15) is 34.9 Å². The summed E-state index contributed by atoms with van der Waals surface area (Å²) in [6, 6.07) is 11.4. The number of alkyl carbamates (subject to hydrolysis) is 1. The Kier molecular flexibility index (Phi) is 12.2. The van der Waals surface area contributed by atoms with Gasteiger partial charge in [0.1, 0.15) is 29.4 Å². The van der Waals surface area contributed by atoms with Crippen molar-refractivity contribution in [1.29, 1.82) is 0 Å². The molecule has 1 unspecified atom stereocenters. The molecule has 0 aromatic heterocycles. The molecule has 2 amide bonds. The fraction of sp³-hybridized carbons (Fsp3) is 0.533. The number of aliphatic hydroxyl groups is 1. The summed E-state index contributed by atoms with van der Waals surface area (Å²) < 4.78 is 17.1. The van der Waals surface area contributed by atoms with E-state index in [4.69, 9.17) is 13.9 Å². The molecular formula is C30H42N4O10SSi. The number of hydrogen-bond acceptors (Lipinski definition) is 11. The molecule has 0 spiro atoms. The lowest BCUT2D eigenvalue weighted by Crippen LogP contribution is -2.58. The number of carbonyl (C=O) groups excluding carboxylic acids is 2. The fourth-order valence-electron chi connectivity index (χ4n) is 5.90. The average Bonchev–Trinajstić information content (AvgIpc) is 3.24. The Morgan fingerprint density at radius 1 is 1.02 bits per heavy atom. The molecule has 14 nitrogen and oxygen atoms in total. The van der Waals surface area contributed by atoms with E-state index in [0.717, 1.165) is 0 Å². The first kappa shape index (κ1) is 36.7. The predicted molar refractivity (Wildman–Crippen MR) is 175 cm³/mol. The number of amides is 2. The zero-order valence-corrected chi connectivity index (χ0v) is 29.7. The maximum atomic E-state index is 13.6. The summed E-state index contributed by atoms with van der Waals surface area (Å²) in [6.07, 6.45) is -2.23. The van der Waals surface area contributed by atoms with Gasteiger partial charge in [0, 0.05) is 54.3 Å². The van der Waals surface area contributed by atoms with Crippen LogP contribution in [0.3, 0.4) is 0 Å². The Labute approximate surface area is 275 Å². The van der Waals surface area contributed by atoms with Gasteiger partial charge >= 0.3 is 12.2 Å². The van der Waals surface area contributed by atoms with Crippen LogP contribution in [0.15, 0.2) is 48.5 Å². The molecule has 1 aliphatic heterocycles. The number of thioether (sulfide) groups is 1. The van der Waals surface area contributed by atoms with Gasteiger partial charge in [-0.2, -0.15) is 11.8 Å². The van der Waals surface area contributed by atoms with Crippen LogP contribution >= 0.6 is 11.8 Å². The standard InChI is InChI=1S/C30H42N4O10SSi/c1-28(2,3)25-15-32(27(37)43-17-21-8-12-23(13-9-21)34(40)41)30(44-46,29(25,4)5)19-45-18-24(35)14-31-26(36)42-16-20-6-10-22(11-7-20)33(38)39/h6-13,24-25,35H,14-19H2,1-5,46H3,(H,31,36)/t24?,25-,30-/m1/s1. The van der Waals surface area contributed by atoms with E-state index >= 15 is 0 Å². The van der Waals surface area contributed by atoms with Gasteiger partial charge in [0.25, 0.3) is 11.4 Å². The van der Waals surface area contributed by atoms with Gasteiger partial charge < -0.3 is 24.3 Å². The van der Waals surface area contributed by atoms with Crippen molar-refractivity contribution in [2.45, 2.75) is 59.7 Å². The number of aliphatic hydroxyl groups excluding tert-OH is 1. The molecule has 2 N–H and O–H groups in total. The van der Waals surface area contributed by atoms with Gasteiger partial charge in [-0.1, -0.05) is 34.6 Å². The van der Waals surface area contributed by atoms with Crippen molar-refractivity contribution in [3.8, 4) is 0 Å². The number of rotatable bonds is 13. The summed E-state index contributed by atoms with van der Waals surface area (Å²) in [6.45, 7) is 10.7. The van der Waals surface area contributed by atoms with Gasteiger partial charge in [0.2, 0.25) is 0 Å². The van der Waals surface area contributed by atoms with E-state index in [-0.39, 0.29) is 48.2 Å². The number of nitro groups is 2. The second-order valence-corrected chi connectivity index (χ2v) is 14.2. The molecule has 1 saturated heterocycles. The minimum atomic E-state index is -1.04. The number of hydrogen-bond donors (Lipinski definition) is 2. The third-order valence-electron chi connectivity index (χ3n) is 8.40. The number of nitrogens with zero attached hydrogens (tertiary/aromatic N) is 3. The van der Waals surface area contributed by atoms with Gasteiger partial charge in [-0.3, -0.25) is 25.1 Å². The molecule has 252 valence electrons. The van der Waals surface area contributed by atoms with E-state index in [1.807, 2.05) is 0 Å². The predicted octanol–water partition coefficient (Wildman–Crippen LogP) is 4.16. The number of benzene rings is 2. The van der Waals surface area contributed by atoms with E-state index in [0.29, 0.717) is 33.9 Å². The Morgan fingerprint density at radius 3 is 1.98 bits per heavy atom. The number of nitro benzene ring substituents is 2. The van der Waals surface area contributed by atoms with E-state index in [2.05, 4.69) is 39.9 Å². The number of non-ortho nitro benzene ring substituents is 2. The summed E-state index contributed by atoms with van der Waals surface area (Å²) in [5.41, 5.74) is -0.648. The lowest BCUT2D eigenvalue weighted by Gasteiger charge is -2.48. The Hall–Kier alpha value is -3.73. The van der Waals surface area contributed by atoms with Crippen LogP contribution in [0, 0.1) is 37.0 Å². The van der Waals surface area contributed by atoms with Crippen molar-refractivity contribution >= 4 is 45.8 Å². The summed E-state index contributed by atoms with van der Waals surface area (Å²) >= 11 is 1.39. The molecular weight excluding hydrogens is 637 g/mol. The van der Waals surface area contributed by atoms with Crippen molar-refractivity contribution < 1.29 is 38.4 Å². The van der Waals surface area contributed by atoms with Crippen molar-refractivity contribution in [1.82, 2.24) is 10.2 Å². The highest BCUT2D eigenvalue weighted by molar-refractivity contribution is 7.99. The van der Waals surface area contributed by atoms with Gasteiger partial charge in [0.15, 0.2) is 0 Å². The number of carbonyl (C=O) groups is 2. The van der Waals surface area contributed by atoms with Crippen molar-refractivity contribution in [2.24, 2.45) is 16.7 Å². The minimum absolute atomic E-state index is 0.0404. The SMILES string of the molecule is CC(C)(C)[C@H]1CN(C(=O)OCc2ccc([N+](=O)[O-])cc2)[C@](CSCC(O)CNC(=O)OCc2ccc([N+](=O)[O-])cc2)(O[SiH3])C1(C)C. The van der Waals surface area contributed by atoms with Gasteiger partial charge in [-0.25, -0.2) is 9.59 Å². The van der Waals surface area contributed by atoms with E-state index in [1.165, 1.54) is 48.2 Å². The maximum absolute atomic E-state index is 13.6. The van der Waals surface area contributed by atoms with Crippen LogP contribution in [0.1, 0.15) is 45.7 Å². The van der Waals surface area contributed by atoms with Crippen LogP contribution in [0.4, 0.5) is 21.0 Å². The molecule has 0 bridgehead atoms. The monoisotopic (exact) mass is 678 g/mol. The normalized spacial score (nSPS) is 19.8. The van der Waals surface area contributed by atoms with Crippen LogP contribution in [0.25, 0.3) is 0 Å². The van der Waals surface area contributed by atoms with Crippen LogP contribution in [0.5, 0.6) is 0 Å². The summed E-state index contributed by atoms with van der Waals surface area (Å²) in [5.74, 6) is 0.611. The molecule has 1 heterocycles. The Morgan fingerprint density at radius 2 is 1.52 bits per heavy atom. The van der Waals surface area contributed by atoms with Crippen LogP contribution in [0.2, 0.25) is 0 Å². The molecule has 2 aromatic carbocycles. The molecule has 2 aromatic rings. The second-order valence-electron chi connectivity index (χ2n) is 12.8. The molecule has 3 atom stereocenters. The van der Waals surface area contributed by atoms with Crippen molar-refractivity contribution in [2.75, 3.05) is 24.6 Å². The highest BCUT2D eigenvalue weighted by atomic mass is 32.2. The lowest BCUT2D eigenvalue weighted by molar-refractivity contribution is -0.385. The third kappa shape index (κ3) is 8.74. The minimum Gasteiger partial charge on any atom is -0.445 e. The van der Waals surface area contributed by atoms with Crippen molar-refractivity contribution in [3.63, 3.8) is 0 Å². The van der Waals surface area contributed by atoms with Gasteiger partial charge in [-0.05, 0) is 46.7 Å². The molecule has 3 rings (SSSR count). The van der Waals surface area contributed by atoms with Crippen LogP contribution in [-0.4, -0.2) is 78.9 Å².